The van der Waals surface area contributed by atoms with E-state index in [1.54, 1.807) is 24.3 Å². The number of aromatic carboxylic acids is 1. The summed E-state index contributed by atoms with van der Waals surface area (Å²) in [7, 11) is 0. The molecule has 0 atom stereocenters. The summed E-state index contributed by atoms with van der Waals surface area (Å²) in [6.45, 7) is 0. The van der Waals surface area contributed by atoms with Crippen molar-refractivity contribution in [2.45, 2.75) is 0 Å². The quantitative estimate of drug-likeness (QED) is 0.857. The Balaban J connectivity index is 0.000000200. The molecule has 2 aromatic carbocycles. The number of carboxylic acids is 1. The van der Waals surface area contributed by atoms with Gasteiger partial charge < -0.3 is 5.11 Å². The van der Waals surface area contributed by atoms with Crippen LogP contribution < -0.4 is 0 Å². The predicted molar refractivity (Wildman–Crippen MR) is 70.6 cm³/mol. The summed E-state index contributed by atoms with van der Waals surface area (Å²) in [5, 5.41) is 8.54. The maximum atomic E-state index is 10.4. The molecule has 0 radical (unpaired) electrons. The minimum atomic E-state index is -1.08. The van der Waals surface area contributed by atoms with Crippen LogP contribution in [-0.4, -0.2) is 23.6 Å². The molecule has 0 saturated carbocycles. The van der Waals surface area contributed by atoms with Gasteiger partial charge in [0.2, 0.25) is 0 Å². The molecule has 0 aromatic heterocycles. The molecule has 0 aliphatic carbocycles. The summed E-state index contributed by atoms with van der Waals surface area (Å²) in [5.41, 5.74) is 0.981. The van der Waals surface area contributed by atoms with Crippen LogP contribution in [0.2, 0.25) is 0 Å². The number of carboxylic acid groups (broad SMARTS) is 1. The van der Waals surface area contributed by atoms with Gasteiger partial charge in [0.25, 0.3) is 0 Å². The fourth-order valence-corrected chi connectivity index (χ4v) is 1.33. The highest BCUT2D eigenvalue weighted by atomic mass is 16.4. The number of carbonyl (C=O) groups excluding carboxylic acids is 2. The minimum Gasteiger partial charge on any atom is -0.478 e. The highest BCUT2D eigenvalue weighted by Gasteiger charge is 2.06. The van der Waals surface area contributed by atoms with E-state index in [0.29, 0.717) is 6.29 Å². The van der Waals surface area contributed by atoms with Gasteiger partial charge in [-0.2, -0.15) is 0 Å². The lowest BCUT2D eigenvalue weighted by atomic mass is 10.1. The zero-order valence-electron chi connectivity index (χ0n) is 10.0. The van der Waals surface area contributed by atoms with Gasteiger partial charge in [0.15, 0.2) is 6.29 Å². The molecule has 0 fully saturated rings. The normalized spacial score (nSPS) is 8.84. The standard InChI is InChI=1S/C8H6O3.C7H6O/c9-5-6-3-1-2-4-7(6)8(10)11;8-6-7-4-2-1-3-5-7/h1-5H,(H,10,11);1-6H. The summed E-state index contributed by atoms with van der Waals surface area (Å²) < 4.78 is 0. The zero-order chi connectivity index (χ0) is 14.1. The molecule has 4 heteroatoms. The van der Waals surface area contributed by atoms with Crippen LogP contribution >= 0.6 is 0 Å². The summed E-state index contributed by atoms with van der Waals surface area (Å²) in [6.07, 6.45) is 1.36. The van der Waals surface area contributed by atoms with Gasteiger partial charge in [-0.3, -0.25) is 9.59 Å². The van der Waals surface area contributed by atoms with Crippen molar-refractivity contribution in [3.63, 3.8) is 0 Å². The maximum Gasteiger partial charge on any atom is 0.336 e. The molecule has 1 N–H and O–H groups in total. The molecule has 0 aliphatic rings. The minimum absolute atomic E-state index is 0.0440. The van der Waals surface area contributed by atoms with E-state index in [2.05, 4.69) is 0 Å². The van der Waals surface area contributed by atoms with Gasteiger partial charge >= 0.3 is 5.97 Å². The molecular formula is C15H12O4. The van der Waals surface area contributed by atoms with Crippen molar-refractivity contribution < 1.29 is 19.5 Å². The van der Waals surface area contributed by atoms with E-state index < -0.39 is 5.97 Å². The number of hydrogen-bond acceptors (Lipinski definition) is 3. The van der Waals surface area contributed by atoms with Crippen LogP contribution in [0.3, 0.4) is 0 Å². The molecule has 0 aliphatic heterocycles. The molecule has 2 aromatic rings. The predicted octanol–water partition coefficient (Wildman–Crippen LogP) is 2.70. The first-order chi connectivity index (χ1) is 9.19. The van der Waals surface area contributed by atoms with Gasteiger partial charge in [-0.05, 0) is 6.07 Å². The SMILES string of the molecule is O=Cc1ccccc1.O=Cc1ccccc1C(=O)O. The van der Waals surface area contributed by atoms with Gasteiger partial charge in [-0.25, -0.2) is 4.79 Å². The third-order valence-corrected chi connectivity index (χ3v) is 2.25. The Morgan fingerprint density at radius 2 is 1.42 bits per heavy atom. The third kappa shape index (κ3) is 4.55. The lowest BCUT2D eigenvalue weighted by Crippen LogP contribution is -2.00. The van der Waals surface area contributed by atoms with E-state index in [4.69, 9.17) is 5.11 Å². The first-order valence-corrected chi connectivity index (χ1v) is 5.46. The number of hydrogen-bond donors (Lipinski definition) is 1. The van der Waals surface area contributed by atoms with Gasteiger partial charge in [-0.1, -0.05) is 48.5 Å². The number of benzene rings is 2. The van der Waals surface area contributed by atoms with Crippen LogP contribution in [-0.2, 0) is 0 Å². The Kier molecular flexibility index (Phi) is 5.69. The molecule has 0 saturated heterocycles. The molecule has 4 nitrogen and oxygen atoms in total. The second kappa shape index (κ2) is 7.55. The molecule has 0 spiro atoms. The van der Waals surface area contributed by atoms with Crippen LogP contribution in [0, 0.1) is 0 Å². The van der Waals surface area contributed by atoms with Crippen LogP contribution in [0.4, 0.5) is 0 Å². The average molecular weight is 256 g/mol. The monoisotopic (exact) mass is 256 g/mol. The van der Waals surface area contributed by atoms with E-state index in [0.717, 1.165) is 11.8 Å². The van der Waals surface area contributed by atoms with Gasteiger partial charge in [0, 0.05) is 11.1 Å². The molecule has 0 bridgehead atoms. The highest BCUT2D eigenvalue weighted by molar-refractivity contribution is 5.96. The fourth-order valence-electron chi connectivity index (χ4n) is 1.33. The molecule has 0 amide bonds. The second-order valence-electron chi connectivity index (χ2n) is 3.54. The summed E-state index contributed by atoms with van der Waals surface area (Å²) in [6, 6.07) is 15.2. The second-order valence-corrected chi connectivity index (χ2v) is 3.54. The zero-order valence-corrected chi connectivity index (χ0v) is 10.0. The van der Waals surface area contributed by atoms with Gasteiger partial charge in [-0.15, -0.1) is 0 Å². The Morgan fingerprint density at radius 3 is 1.84 bits per heavy atom. The summed E-state index contributed by atoms with van der Waals surface area (Å²) >= 11 is 0. The first kappa shape index (κ1) is 14.3. The van der Waals surface area contributed by atoms with Crippen molar-refractivity contribution in [3.05, 3.63) is 71.3 Å². The van der Waals surface area contributed by atoms with Crippen LogP contribution in [0.5, 0.6) is 0 Å². The van der Waals surface area contributed by atoms with Crippen molar-refractivity contribution >= 4 is 18.5 Å². The molecule has 19 heavy (non-hydrogen) atoms. The molecule has 96 valence electrons. The summed E-state index contributed by atoms with van der Waals surface area (Å²) in [4.78, 5) is 30.7. The largest absolute Gasteiger partial charge is 0.478 e. The fraction of sp³-hybridized carbons (Fsp3) is 0. The summed E-state index contributed by atoms with van der Waals surface area (Å²) in [5.74, 6) is -1.08. The number of aldehydes is 2. The molecular weight excluding hydrogens is 244 g/mol. The van der Waals surface area contributed by atoms with Crippen molar-refractivity contribution in [2.24, 2.45) is 0 Å². The Hall–Kier alpha value is -2.75. The number of rotatable bonds is 3. The Labute approximate surface area is 110 Å². The van der Waals surface area contributed by atoms with Gasteiger partial charge in [0.1, 0.15) is 6.29 Å². The molecule has 0 unspecified atom stereocenters. The van der Waals surface area contributed by atoms with E-state index in [-0.39, 0.29) is 11.1 Å². The van der Waals surface area contributed by atoms with E-state index in [1.165, 1.54) is 12.1 Å². The lowest BCUT2D eigenvalue weighted by molar-refractivity contribution is 0.0694. The Morgan fingerprint density at radius 1 is 0.842 bits per heavy atom. The van der Waals surface area contributed by atoms with Crippen LogP contribution in [0.1, 0.15) is 31.1 Å². The molecule has 0 heterocycles. The van der Waals surface area contributed by atoms with Crippen molar-refractivity contribution in [1.82, 2.24) is 0 Å². The third-order valence-electron chi connectivity index (χ3n) is 2.25. The lowest BCUT2D eigenvalue weighted by Gasteiger charge is -1.95. The maximum absolute atomic E-state index is 10.4. The average Bonchev–Trinajstić information content (AvgIpc) is 2.48. The topological polar surface area (TPSA) is 71.4 Å². The smallest absolute Gasteiger partial charge is 0.336 e. The van der Waals surface area contributed by atoms with Gasteiger partial charge in [0.05, 0.1) is 5.56 Å². The Bertz CT molecular complexity index is 561. The molecule has 2 rings (SSSR count). The van der Waals surface area contributed by atoms with E-state index >= 15 is 0 Å². The van der Waals surface area contributed by atoms with E-state index in [1.807, 2.05) is 18.2 Å². The van der Waals surface area contributed by atoms with Crippen LogP contribution in [0.25, 0.3) is 0 Å². The highest BCUT2D eigenvalue weighted by Crippen LogP contribution is 2.04. The first-order valence-electron chi connectivity index (χ1n) is 5.46. The van der Waals surface area contributed by atoms with Crippen molar-refractivity contribution in [1.29, 1.82) is 0 Å². The number of carbonyl (C=O) groups is 3. The van der Waals surface area contributed by atoms with Crippen molar-refractivity contribution in [2.75, 3.05) is 0 Å². The van der Waals surface area contributed by atoms with E-state index in [9.17, 15) is 14.4 Å². The van der Waals surface area contributed by atoms with Crippen molar-refractivity contribution in [3.8, 4) is 0 Å². The van der Waals surface area contributed by atoms with Crippen LogP contribution in [0.15, 0.2) is 54.6 Å².